The lowest BCUT2D eigenvalue weighted by molar-refractivity contribution is -0.136. The molecule has 0 aromatic carbocycles. The van der Waals surface area contributed by atoms with E-state index in [4.69, 9.17) is 0 Å². The molecule has 24 heavy (non-hydrogen) atoms. The van der Waals surface area contributed by atoms with Gasteiger partial charge in [0, 0.05) is 11.1 Å². The van der Waals surface area contributed by atoms with Crippen molar-refractivity contribution in [3.05, 3.63) is 52.0 Å². The number of pyridine rings is 1. The second-order valence-electron chi connectivity index (χ2n) is 6.14. The quantitative estimate of drug-likeness (QED) is 0.817. The molecule has 1 aliphatic rings. The summed E-state index contributed by atoms with van der Waals surface area (Å²) in [5.74, 6) is -0.444. The van der Waals surface area contributed by atoms with E-state index in [-0.39, 0.29) is 17.4 Å². The van der Waals surface area contributed by atoms with Gasteiger partial charge in [-0.15, -0.1) is 11.3 Å². The minimum Gasteiger partial charge on any atom is -0.331 e. The molecule has 1 saturated heterocycles. The summed E-state index contributed by atoms with van der Waals surface area (Å²) in [6, 6.07) is 7.64. The molecule has 0 saturated carbocycles. The summed E-state index contributed by atoms with van der Waals surface area (Å²) in [5, 5.41) is 2.01. The van der Waals surface area contributed by atoms with Crippen LogP contribution < -0.4 is 0 Å². The van der Waals surface area contributed by atoms with Gasteiger partial charge in [0.15, 0.2) is 9.84 Å². The van der Waals surface area contributed by atoms with Crippen LogP contribution >= 0.6 is 11.3 Å². The van der Waals surface area contributed by atoms with Crippen LogP contribution in [0.1, 0.15) is 22.6 Å². The number of nitrogens with zero attached hydrogens (tertiary/aromatic N) is 2. The van der Waals surface area contributed by atoms with E-state index in [1.165, 1.54) is 0 Å². The van der Waals surface area contributed by atoms with Crippen LogP contribution in [0.5, 0.6) is 0 Å². The van der Waals surface area contributed by atoms with E-state index < -0.39 is 15.8 Å². The van der Waals surface area contributed by atoms with E-state index in [1.54, 1.807) is 22.4 Å². The Morgan fingerprint density at radius 3 is 2.75 bits per heavy atom. The zero-order valence-electron chi connectivity index (χ0n) is 13.5. The smallest absolute Gasteiger partial charge is 0.227 e. The standard InChI is InChI=1S/C17H20N2O3S2/c1-13-5-8-23-16(13)11-19(10-15-4-2-3-7-18-15)17(20)14-6-9-24(21,22)12-14/h2-5,7-8,14H,6,9-12H2,1H3. The Morgan fingerprint density at radius 1 is 1.33 bits per heavy atom. The first kappa shape index (κ1) is 17.1. The van der Waals surface area contributed by atoms with Crippen LogP contribution in [0.25, 0.3) is 0 Å². The Hall–Kier alpha value is -1.73. The molecule has 2 aromatic heterocycles. The Bertz CT molecular complexity index is 815. The van der Waals surface area contributed by atoms with Crippen LogP contribution in [-0.4, -0.2) is 35.7 Å². The predicted molar refractivity (Wildman–Crippen MR) is 94.3 cm³/mol. The minimum absolute atomic E-state index is 0.0338. The molecule has 7 heteroatoms. The summed E-state index contributed by atoms with van der Waals surface area (Å²) in [5.41, 5.74) is 1.96. The van der Waals surface area contributed by atoms with Crippen molar-refractivity contribution in [1.82, 2.24) is 9.88 Å². The van der Waals surface area contributed by atoms with Gasteiger partial charge >= 0.3 is 0 Å². The topological polar surface area (TPSA) is 67.3 Å². The largest absolute Gasteiger partial charge is 0.331 e. The third-order valence-electron chi connectivity index (χ3n) is 4.27. The van der Waals surface area contributed by atoms with E-state index in [2.05, 4.69) is 4.98 Å². The number of hydrogen-bond acceptors (Lipinski definition) is 5. The fourth-order valence-corrected chi connectivity index (χ4v) is 5.54. The van der Waals surface area contributed by atoms with Crippen molar-refractivity contribution in [3.8, 4) is 0 Å². The SMILES string of the molecule is Cc1ccsc1CN(Cc1ccccn1)C(=O)C1CCS(=O)(=O)C1. The molecule has 1 atom stereocenters. The van der Waals surface area contributed by atoms with E-state index >= 15 is 0 Å². The zero-order valence-corrected chi connectivity index (χ0v) is 15.1. The van der Waals surface area contributed by atoms with Crippen LogP contribution in [0.2, 0.25) is 0 Å². The highest BCUT2D eigenvalue weighted by Crippen LogP contribution is 2.25. The summed E-state index contributed by atoms with van der Waals surface area (Å²) < 4.78 is 23.4. The van der Waals surface area contributed by atoms with Crippen molar-refractivity contribution >= 4 is 27.1 Å². The lowest BCUT2D eigenvalue weighted by Crippen LogP contribution is -2.36. The van der Waals surface area contributed by atoms with Gasteiger partial charge in [-0.1, -0.05) is 6.07 Å². The summed E-state index contributed by atoms with van der Waals surface area (Å²) in [4.78, 5) is 20.1. The van der Waals surface area contributed by atoms with Gasteiger partial charge in [-0.2, -0.15) is 0 Å². The van der Waals surface area contributed by atoms with Crippen molar-refractivity contribution in [3.63, 3.8) is 0 Å². The first-order valence-electron chi connectivity index (χ1n) is 7.87. The highest BCUT2D eigenvalue weighted by atomic mass is 32.2. The Kier molecular flexibility index (Phi) is 5.01. The molecule has 0 bridgehead atoms. The number of aromatic nitrogens is 1. The molecule has 0 radical (unpaired) electrons. The van der Waals surface area contributed by atoms with Crippen molar-refractivity contribution < 1.29 is 13.2 Å². The molecule has 3 rings (SSSR count). The molecule has 1 aliphatic heterocycles. The molecule has 5 nitrogen and oxygen atoms in total. The third kappa shape index (κ3) is 4.02. The lowest BCUT2D eigenvalue weighted by atomic mass is 10.1. The predicted octanol–water partition coefficient (Wildman–Crippen LogP) is 2.42. The van der Waals surface area contributed by atoms with Crippen LogP contribution in [0.3, 0.4) is 0 Å². The number of thiophene rings is 1. The van der Waals surface area contributed by atoms with Crippen LogP contribution in [0.4, 0.5) is 0 Å². The van der Waals surface area contributed by atoms with E-state index in [0.29, 0.717) is 19.5 Å². The number of carbonyl (C=O) groups is 1. The summed E-state index contributed by atoms with van der Waals surface area (Å²) in [6.45, 7) is 2.91. The normalized spacial score (nSPS) is 19.3. The number of aryl methyl sites for hydroxylation is 1. The maximum Gasteiger partial charge on any atom is 0.227 e. The van der Waals surface area contributed by atoms with Crippen molar-refractivity contribution in [2.45, 2.75) is 26.4 Å². The van der Waals surface area contributed by atoms with Gasteiger partial charge in [0.25, 0.3) is 0 Å². The Balaban J connectivity index is 1.81. The van der Waals surface area contributed by atoms with Gasteiger partial charge in [-0.25, -0.2) is 8.42 Å². The van der Waals surface area contributed by atoms with Crippen LogP contribution in [0, 0.1) is 12.8 Å². The van der Waals surface area contributed by atoms with E-state index in [9.17, 15) is 13.2 Å². The molecule has 3 heterocycles. The van der Waals surface area contributed by atoms with E-state index in [0.717, 1.165) is 16.1 Å². The van der Waals surface area contributed by atoms with Crippen LogP contribution in [0.15, 0.2) is 35.8 Å². The summed E-state index contributed by atoms with van der Waals surface area (Å²) >= 11 is 1.62. The molecular formula is C17H20N2O3S2. The van der Waals surface area contributed by atoms with Crippen LogP contribution in [-0.2, 0) is 27.7 Å². The fraction of sp³-hybridized carbons (Fsp3) is 0.412. The minimum atomic E-state index is -3.08. The number of hydrogen-bond donors (Lipinski definition) is 0. The van der Waals surface area contributed by atoms with Gasteiger partial charge in [-0.05, 0) is 42.5 Å². The van der Waals surface area contributed by atoms with Crippen molar-refractivity contribution in [2.24, 2.45) is 5.92 Å². The number of amides is 1. The molecule has 0 spiro atoms. The number of sulfone groups is 1. The average molecular weight is 364 g/mol. The van der Waals surface area contributed by atoms with Gasteiger partial charge < -0.3 is 4.90 Å². The van der Waals surface area contributed by atoms with Crippen molar-refractivity contribution in [2.75, 3.05) is 11.5 Å². The Labute approximate surface area is 146 Å². The molecule has 1 unspecified atom stereocenters. The Morgan fingerprint density at radius 2 is 2.17 bits per heavy atom. The fourth-order valence-electron chi connectivity index (χ4n) is 2.89. The monoisotopic (exact) mass is 364 g/mol. The van der Waals surface area contributed by atoms with Gasteiger partial charge in [0.1, 0.15) is 0 Å². The van der Waals surface area contributed by atoms with Gasteiger partial charge in [-0.3, -0.25) is 9.78 Å². The zero-order chi connectivity index (χ0) is 17.2. The summed E-state index contributed by atoms with van der Waals surface area (Å²) in [7, 11) is -3.08. The number of carbonyl (C=O) groups excluding carboxylic acids is 1. The first-order chi connectivity index (χ1) is 11.4. The highest BCUT2D eigenvalue weighted by molar-refractivity contribution is 7.91. The van der Waals surface area contributed by atoms with Gasteiger partial charge in [0.2, 0.25) is 5.91 Å². The average Bonchev–Trinajstić information content (AvgIpc) is 3.12. The maximum absolute atomic E-state index is 12.9. The molecular weight excluding hydrogens is 344 g/mol. The molecule has 1 fully saturated rings. The van der Waals surface area contributed by atoms with Gasteiger partial charge in [0.05, 0.1) is 36.2 Å². The molecule has 2 aromatic rings. The molecule has 0 aliphatic carbocycles. The van der Waals surface area contributed by atoms with E-state index in [1.807, 2.05) is 36.6 Å². The second-order valence-corrected chi connectivity index (χ2v) is 9.37. The maximum atomic E-state index is 12.9. The summed E-state index contributed by atoms with van der Waals surface area (Å²) in [6.07, 6.45) is 2.12. The molecule has 1 amide bonds. The third-order valence-corrected chi connectivity index (χ3v) is 7.05. The molecule has 128 valence electrons. The number of rotatable bonds is 5. The lowest BCUT2D eigenvalue weighted by Gasteiger charge is -2.25. The van der Waals surface area contributed by atoms with Crippen molar-refractivity contribution in [1.29, 1.82) is 0 Å². The second kappa shape index (κ2) is 7.03. The first-order valence-corrected chi connectivity index (χ1v) is 10.6. The molecule has 0 N–H and O–H groups in total. The highest BCUT2D eigenvalue weighted by Gasteiger charge is 2.35.